The van der Waals surface area contributed by atoms with E-state index in [2.05, 4.69) is 16.5 Å². The third kappa shape index (κ3) is 2.65. The zero-order chi connectivity index (χ0) is 16.0. The molecule has 1 aliphatic carbocycles. The highest BCUT2D eigenvalue weighted by Gasteiger charge is 2.40. The lowest BCUT2D eigenvalue weighted by Gasteiger charge is -2.39. The highest BCUT2D eigenvalue weighted by molar-refractivity contribution is 6.30. The molecule has 1 aliphatic heterocycles. The van der Waals surface area contributed by atoms with E-state index in [0.29, 0.717) is 24.1 Å². The first kappa shape index (κ1) is 14.5. The Hall–Kier alpha value is -2.14. The lowest BCUT2D eigenvalue weighted by molar-refractivity contribution is -0.141. The number of rotatable bonds is 4. The second-order valence-electron chi connectivity index (χ2n) is 6.03. The van der Waals surface area contributed by atoms with Crippen LogP contribution in [0, 0.1) is 5.92 Å². The molecule has 23 heavy (non-hydrogen) atoms. The normalized spacial score (nSPS) is 17.9. The largest absolute Gasteiger partial charge is 0.470 e. The van der Waals surface area contributed by atoms with Gasteiger partial charge in [0.15, 0.2) is 0 Å². The Labute approximate surface area is 138 Å². The van der Waals surface area contributed by atoms with Gasteiger partial charge in [-0.2, -0.15) is 0 Å². The zero-order valence-corrected chi connectivity index (χ0v) is 13.3. The summed E-state index contributed by atoms with van der Waals surface area (Å²) >= 11 is 5.98. The molecule has 6 heteroatoms. The van der Waals surface area contributed by atoms with Gasteiger partial charge in [-0.1, -0.05) is 24.3 Å². The molecule has 5 nitrogen and oxygen atoms in total. The van der Waals surface area contributed by atoms with Crippen molar-refractivity contribution in [3.63, 3.8) is 0 Å². The molecule has 0 aromatic carbocycles. The van der Waals surface area contributed by atoms with E-state index in [4.69, 9.17) is 16.3 Å². The van der Waals surface area contributed by atoms with Crippen LogP contribution in [0.15, 0.2) is 25.0 Å². The van der Waals surface area contributed by atoms with Gasteiger partial charge in [0.1, 0.15) is 11.3 Å². The number of halogens is 1. The summed E-state index contributed by atoms with van der Waals surface area (Å²) in [6.07, 6.45) is 7.16. The van der Waals surface area contributed by atoms with Gasteiger partial charge in [-0.3, -0.25) is 4.79 Å². The number of nitrogens with zero attached hydrogens (tertiary/aromatic N) is 3. The van der Waals surface area contributed by atoms with Crippen LogP contribution in [0.1, 0.15) is 18.4 Å². The number of likely N-dealkylation sites (tertiary alicyclic amines) is 1. The molecule has 0 bridgehead atoms. The summed E-state index contributed by atoms with van der Waals surface area (Å²) in [4.78, 5) is 22.3. The standard InChI is InChI=1S/C17H16ClN3O2/c1-2-10-6-20-16(14-7-19-15(18)5-13(10)14)23-12-8-21(9-12)17(22)11-3-4-11/h2,5-7,11-12H,1,3-4,8-9H2. The van der Waals surface area contributed by atoms with Crippen molar-refractivity contribution in [2.75, 3.05) is 13.1 Å². The SMILES string of the molecule is C=Cc1cnc(OC2CN(C(=O)C3CC3)C2)c2cnc(Cl)cc12. The molecule has 1 saturated heterocycles. The number of aromatic nitrogens is 2. The zero-order valence-electron chi connectivity index (χ0n) is 12.5. The molecule has 0 N–H and O–H groups in total. The number of carbonyl (C=O) groups is 1. The van der Waals surface area contributed by atoms with Crippen LogP contribution in [0.4, 0.5) is 0 Å². The van der Waals surface area contributed by atoms with Gasteiger partial charge in [-0.05, 0) is 18.9 Å². The van der Waals surface area contributed by atoms with Crippen molar-refractivity contribution in [3.8, 4) is 5.88 Å². The molecule has 2 aromatic rings. The minimum absolute atomic E-state index is 0.0151. The van der Waals surface area contributed by atoms with Gasteiger partial charge in [0.05, 0.1) is 18.5 Å². The molecule has 2 aliphatic rings. The van der Waals surface area contributed by atoms with Crippen molar-refractivity contribution in [1.82, 2.24) is 14.9 Å². The molecule has 4 rings (SSSR count). The fraction of sp³-hybridized carbons (Fsp3) is 0.353. The number of hydrogen-bond donors (Lipinski definition) is 0. The molecular formula is C17H16ClN3O2. The number of carbonyl (C=O) groups excluding carboxylic acids is 1. The van der Waals surface area contributed by atoms with E-state index in [-0.39, 0.29) is 17.9 Å². The second-order valence-corrected chi connectivity index (χ2v) is 6.42. The number of pyridine rings is 2. The van der Waals surface area contributed by atoms with Crippen LogP contribution in [-0.2, 0) is 4.79 Å². The van der Waals surface area contributed by atoms with Crippen LogP contribution < -0.4 is 4.74 Å². The van der Waals surface area contributed by atoms with Gasteiger partial charge in [-0.15, -0.1) is 0 Å². The molecule has 3 heterocycles. The van der Waals surface area contributed by atoms with Crippen molar-refractivity contribution in [3.05, 3.63) is 35.8 Å². The second kappa shape index (κ2) is 5.49. The van der Waals surface area contributed by atoms with Gasteiger partial charge >= 0.3 is 0 Å². The third-order valence-electron chi connectivity index (χ3n) is 4.32. The molecule has 0 spiro atoms. The molecule has 118 valence electrons. The van der Waals surface area contributed by atoms with Gasteiger partial charge in [0.2, 0.25) is 11.8 Å². The fourth-order valence-electron chi connectivity index (χ4n) is 2.80. The average molecular weight is 330 g/mol. The maximum atomic E-state index is 11.9. The van der Waals surface area contributed by atoms with Gasteiger partial charge in [-0.25, -0.2) is 9.97 Å². The van der Waals surface area contributed by atoms with Crippen LogP contribution in [0.2, 0.25) is 5.15 Å². The van der Waals surface area contributed by atoms with Crippen molar-refractivity contribution in [2.24, 2.45) is 5.92 Å². The van der Waals surface area contributed by atoms with E-state index in [9.17, 15) is 4.79 Å². The quantitative estimate of drug-likeness (QED) is 0.809. The smallest absolute Gasteiger partial charge is 0.225 e. The molecule has 0 unspecified atom stereocenters. The Morgan fingerprint density at radius 1 is 1.30 bits per heavy atom. The first-order valence-electron chi connectivity index (χ1n) is 7.68. The monoisotopic (exact) mass is 329 g/mol. The van der Waals surface area contributed by atoms with E-state index in [1.165, 1.54) is 0 Å². The van der Waals surface area contributed by atoms with Crippen LogP contribution >= 0.6 is 11.6 Å². The maximum Gasteiger partial charge on any atom is 0.225 e. The average Bonchev–Trinajstić information content (AvgIpc) is 3.34. The Morgan fingerprint density at radius 2 is 2.09 bits per heavy atom. The van der Waals surface area contributed by atoms with E-state index in [1.807, 2.05) is 4.90 Å². The summed E-state index contributed by atoms with van der Waals surface area (Å²) in [6.45, 7) is 5.05. The molecule has 0 radical (unpaired) electrons. The summed E-state index contributed by atoms with van der Waals surface area (Å²) in [5.41, 5.74) is 0.885. The third-order valence-corrected chi connectivity index (χ3v) is 4.52. The minimum atomic E-state index is -0.0151. The van der Waals surface area contributed by atoms with Gasteiger partial charge in [0.25, 0.3) is 0 Å². The van der Waals surface area contributed by atoms with E-state index < -0.39 is 0 Å². The van der Waals surface area contributed by atoms with Crippen molar-refractivity contribution in [2.45, 2.75) is 18.9 Å². The summed E-state index contributed by atoms with van der Waals surface area (Å²) in [5, 5.41) is 2.14. The summed E-state index contributed by atoms with van der Waals surface area (Å²) in [7, 11) is 0. The Bertz CT molecular complexity index is 798. The molecule has 0 atom stereocenters. The van der Waals surface area contributed by atoms with Gasteiger partial charge < -0.3 is 9.64 Å². The Balaban J connectivity index is 1.53. The van der Waals surface area contributed by atoms with E-state index in [0.717, 1.165) is 29.2 Å². The highest BCUT2D eigenvalue weighted by Crippen LogP contribution is 2.34. The topological polar surface area (TPSA) is 55.3 Å². The molecule has 2 fully saturated rings. The van der Waals surface area contributed by atoms with Crippen LogP contribution in [0.5, 0.6) is 5.88 Å². The lowest BCUT2D eigenvalue weighted by Crippen LogP contribution is -2.56. The molecular weight excluding hydrogens is 314 g/mol. The summed E-state index contributed by atoms with van der Waals surface area (Å²) < 4.78 is 5.96. The van der Waals surface area contributed by atoms with Gasteiger partial charge in [0, 0.05) is 29.3 Å². The van der Waals surface area contributed by atoms with Crippen molar-refractivity contribution < 1.29 is 9.53 Å². The van der Waals surface area contributed by atoms with Crippen molar-refractivity contribution in [1.29, 1.82) is 0 Å². The predicted molar refractivity (Wildman–Crippen MR) is 88.4 cm³/mol. The predicted octanol–water partition coefficient (Wildman–Crippen LogP) is 2.93. The Kier molecular flexibility index (Phi) is 3.45. The number of fused-ring (bicyclic) bond motifs is 1. The number of ether oxygens (including phenoxy) is 1. The van der Waals surface area contributed by atoms with Crippen LogP contribution in [-0.4, -0.2) is 40.0 Å². The molecule has 2 aromatic heterocycles. The summed E-state index contributed by atoms with van der Waals surface area (Å²) in [6, 6.07) is 1.78. The van der Waals surface area contributed by atoms with Crippen LogP contribution in [0.3, 0.4) is 0 Å². The van der Waals surface area contributed by atoms with Crippen molar-refractivity contribution >= 4 is 34.4 Å². The number of hydrogen-bond acceptors (Lipinski definition) is 4. The minimum Gasteiger partial charge on any atom is -0.470 e. The van der Waals surface area contributed by atoms with E-state index >= 15 is 0 Å². The fourth-order valence-corrected chi connectivity index (χ4v) is 2.96. The summed E-state index contributed by atoms with van der Waals surface area (Å²) in [5.74, 6) is 1.05. The highest BCUT2D eigenvalue weighted by atomic mass is 35.5. The lowest BCUT2D eigenvalue weighted by atomic mass is 10.1. The van der Waals surface area contributed by atoms with E-state index in [1.54, 1.807) is 24.5 Å². The first-order valence-corrected chi connectivity index (χ1v) is 8.05. The molecule has 1 amide bonds. The van der Waals surface area contributed by atoms with Crippen LogP contribution in [0.25, 0.3) is 16.8 Å². The number of amides is 1. The molecule has 1 saturated carbocycles. The maximum absolute atomic E-state index is 11.9. The first-order chi connectivity index (χ1) is 11.2. The Morgan fingerprint density at radius 3 is 2.78 bits per heavy atom.